The number of sulfonamides is 1. The summed E-state index contributed by atoms with van der Waals surface area (Å²) in [5, 5.41) is 6.54. The summed E-state index contributed by atoms with van der Waals surface area (Å²) in [7, 11) is 0.222. The van der Waals surface area contributed by atoms with Crippen molar-refractivity contribution in [3.8, 4) is 5.75 Å². The third-order valence-corrected chi connectivity index (χ3v) is 6.71. The summed E-state index contributed by atoms with van der Waals surface area (Å²) in [6.07, 6.45) is 3.24. The summed E-state index contributed by atoms with van der Waals surface area (Å²) in [4.78, 5) is 4.24. The molecule has 2 N–H and O–H groups in total. The van der Waals surface area contributed by atoms with Crippen molar-refractivity contribution in [2.24, 2.45) is 10.9 Å². The number of ether oxygens (including phenoxy) is 1. The van der Waals surface area contributed by atoms with Gasteiger partial charge in [0, 0.05) is 39.3 Å². The molecule has 0 unspecified atom stereocenters. The van der Waals surface area contributed by atoms with Gasteiger partial charge in [0.25, 0.3) is 0 Å². The zero-order chi connectivity index (χ0) is 20.6. The first-order valence-electron chi connectivity index (χ1n) is 9.96. The summed E-state index contributed by atoms with van der Waals surface area (Å²) in [6.45, 7) is 6.25. The average Bonchev–Trinajstić information content (AvgIpc) is 3.51. The van der Waals surface area contributed by atoms with Crippen molar-refractivity contribution in [1.29, 1.82) is 0 Å². The molecule has 158 valence electrons. The van der Waals surface area contributed by atoms with Crippen LogP contribution in [0.5, 0.6) is 5.75 Å². The third-order valence-electron chi connectivity index (χ3n) is 4.85. The largest absolute Gasteiger partial charge is 0.493 e. The van der Waals surface area contributed by atoms with Crippen molar-refractivity contribution >= 4 is 16.0 Å². The Kier molecular flexibility index (Phi) is 8.57. The molecule has 0 atom stereocenters. The van der Waals surface area contributed by atoms with E-state index in [1.54, 1.807) is 21.0 Å². The van der Waals surface area contributed by atoms with Crippen LogP contribution in [0.2, 0.25) is 0 Å². The molecular weight excluding hydrogens is 376 g/mol. The molecule has 28 heavy (non-hydrogen) atoms. The lowest BCUT2D eigenvalue weighted by atomic mass is 10.1. The van der Waals surface area contributed by atoms with Crippen molar-refractivity contribution in [2.45, 2.75) is 39.7 Å². The van der Waals surface area contributed by atoms with Gasteiger partial charge in [-0.1, -0.05) is 12.1 Å². The Labute approximate surface area is 169 Å². The molecule has 0 radical (unpaired) electrons. The molecule has 0 heterocycles. The van der Waals surface area contributed by atoms with Crippen LogP contribution in [0.1, 0.15) is 37.3 Å². The molecule has 0 aliphatic heterocycles. The number of hydrogen-bond donors (Lipinski definition) is 2. The highest BCUT2D eigenvalue weighted by molar-refractivity contribution is 7.89. The van der Waals surface area contributed by atoms with Gasteiger partial charge < -0.3 is 15.4 Å². The quantitative estimate of drug-likeness (QED) is 0.332. The van der Waals surface area contributed by atoms with Gasteiger partial charge in [-0.15, -0.1) is 0 Å². The maximum absolute atomic E-state index is 11.8. The zero-order valence-corrected chi connectivity index (χ0v) is 18.3. The second kappa shape index (κ2) is 10.7. The highest BCUT2D eigenvalue weighted by Crippen LogP contribution is 2.30. The number of aliphatic imine (C=N–C) groups is 1. The number of guanidine groups is 1. The summed E-state index contributed by atoms with van der Waals surface area (Å²) in [5.41, 5.74) is 2.28. The highest BCUT2D eigenvalue weighted by atomic mass is 32.2. The molecule has 0 spiro atoms. The minimum absolute atomic E-state index is 0.127. The first-order chi connectivity index (χ1) is 13.4. The molecule has 1 aromatic carbocycles. The van der Waals surface area contributed by atoms with Crippen LogP contribution >= 0.6 is 0 Å². The molecule has 1 fully saturated rings. The third kappa shape index (κ3) is 7.31. The first kappa shape index (κ1) is 22.5. The van der Waals surface area contributed by atoms with E-state index in [4.69, 9.17) is 4.74 Å². The van der Waals surface area contributed by atoms with E-state index in [0.29, 0.717) is 37.9 Å². The Morgan fingerprint density at radius 1 is 1.32 bits per heavy atom. The Morgan fingerprint density at radius 3 is 2.71 bits per heavy atom. The van der Waals surface area contributed by atoms with E-state index < -0.39 is 10.0 Å². The summed E-state index contributed by atoms with van der Waals surface area (Å²) in [5.74, 6) is 2.46. The lowest BCUT2D eigenvalue weighted by molar-refractivity contribution is 0.296. The van der Waals surface area contributed by atoms with E-state index in [-0.39, 0.29) is 5.75 Å². The van der Waals surface area contributed by atoms with Gasteiger partial charge in [-0.2, -0.15) is 0 Å². The first-order valence-corrected chi connectivity index (χ1v) is 11.6. The SMILES string of the molecule is CCS(=O)(=O)N(C)CCCNC(=NC)NCc1ccc(C)cc1OCC1CC1. The maximum atomic E-state index is 11.8. The van der Waals surface area contributed by atoms with Gasteiger partial charge in [0.15, 0.2) is 5.96 Å². The predicted octanol–water partition coefficient (Wildman–Crippen LogP) is 2.12. The van der Waals surface area contributed by atoms with Crippen molar-refractivity contribution in [2.75, 3.05) is 39.5 Å². The second-order valence-electron chi connectivity index (χ2n) is 7.29. The van der Waals surface area contributed by atoms with Gasteiger partial charge in [0.1, 0.15) is 5.75 Å². The van der Waals surface area contributed by atoms with Gasteiger partial charge in [-0.05, 0) is 50.7 Å². The zero-order valence-electron chi connectivity index (χ0n) is 17.5. The Morgan fingerprint density at radius 2 is 2.07 bits per heavy atom. The lowest BCUT2D eigenvalue weighted by Crippen LogP contribution is -2.38. The standard InChI is InChI=1S/C20H34N4O3S/c1-5-28(25,26)24(4)12-6-11-22-20(21-3)23-14-18-10-7-16(2)13-19(18)27-15-17-8-9-17/h7,10,13,17H,5-6,8-9,11-12,14-15H2,1-4H3,(H2,21,22,23). The van der Waals surface area contributed by atoms with E-state index in [2.05, 4.69) is 40.7 Å². The highest BCUT2D eigenvalue weighted by Gasteiger charge is 2.22. The maximum Gasteiger partial charge on any atom is 0.213 e. The molecule has 0 bridgehead atoms. The normalized spacial score (nSPS) is 15.0. The van der Waals surface area contributed by atoms with Crippen LogP contribution in [0.25, 0.3) is 0 Å². The minimum atomic E-state index is -3.12. The fourth-order valence-corrected chi connectivity index (χ4v) is 3.55. The van der Waals surface area contributed by atoms with E-state index in [1.807, 2.05) is 0 Å². The molecule has 0 amide bonds. The fourth-order valence-electron chi connectivity index (χ4n) is 2.70. The number of hydrogen-bond acceptors (Lipinski definition) is 4. The van der Waals surface area contributed by atoms with E-state index in [1.165, 1.54) is 22.7 Å². The molecular formula is C20H34N4O3S. The summed E-state index contributed by atoms with van der Waals surface area (Å²) in [6, 6.07) is 6.25. The number of nitrogens with zero attached hydrogens (tertiary/aromatic N) is 2. The minimum Gasteiger partial charge on any atom is -0.493 e. The molecule has 8 heteroatoms. The van der Waals surface area contributed by atoms with E-state index in [0.717, 1.165) is 17.9 Å². The van der Waals surface area contributed by atoms with Gasteiger partial charge in [-0.25, -0.2) is 12.7 Å². The van der Waals surface area contributed by atoms with Crippen LogP contribution in [0.4, 0.5) is 0 Å². The Balaban J connectivity index is 1.78. The Hall–Kier alpha value is -1.80. The van der Waals surface area contributed by atoms with Crippen LogP contribution in [-0.2, 0) is 16.6 Å². The average molecular weight is 411 g/mol. The van der Waals surface area contributed by atoms with Crippen LogP contribution in [0.3, 0.4) is 0 Å². The molecule has 1 aliphatic carbocycles. The number of aryl methyl sites for hydroxylation is 1. The monoisotopic (exact) mass is 410 g/mol. The van der Waals surface area contributed by atoms with Crippen molar-refractivity contribution in [1.82, 2.24) is 14.9 Å². The summed E-state index contributed by atoms with van der Waals surface area (Å²) < 4.78 is 30.9. The van der Waals surface area contributed by atoms with Crippen LogP contribution < -0.4 is 15.4 Å². The van der Waals surface area contributed by atoms with Gasteiger partial charge in [0.05, 0.1) is 12.4 Å². The summed E-state index contributed by atoms with van der Waals surface area (Å²) >= 11 is 0. The fraction of sp³-hybridized carbons (Fsp3) is 0.650. The van der Waals surface area contributed by atoms with Crippen LogP contribution in [0, 0.1) is 12.8 Å². The Bertz CT molecular complexity index is 761. The topological polar surface area (TPSA) is 83.0 Å². The van der Waals surface area contributed by atoms with Crippen molar-refractivity contribution in [3.05, 3.63) is 29.3 Å². The number of rotatable bonds is 11. The van der Waals surface area contributed by atoms with E-state index >= 15 is 0 Å². The van der Waals surface area contributed by atoms with Gasteiger partial charge in [-0.3, -0.25) is 4.99 Å². The molecule has 0 aromatic heterocycles. The molecule has 1 saturated carbocycles. The van der Waals surface area contributed by atoms with Crippen molar-refractivity contribution < 1.29 is 13.2 Å². The smallest absolute Gasteiger partial charge is 0.213 e. The molecule has 0 saturated heterocycles. The lowest BCUT2D eigenvalue weighted by Gasteiger charge is -2.17. The van der Waals surface area contributed by atoms with Crippen LogP contribution in [0.15, 0.2) is 23.2 Å². The molecule has 2 rings (SSSR count). The molecule has 7 nitrogen and oxygen atoms in total. The molecule has 1 aromatic rings. The number of benzene rings is 1. The second-order valence-corrected chi connectivity index (χ2v) is 9.66. The van der Waals surface area contributed by atoms with Gasteiger partial charge >= 0.3 is 0 Å². The predicted molar refractivity (Wildman–Crippen MR) is 114 cm³/mol. The van der Waals surface area contributed by atoms with E-state index in [9.17, 15) is 8.42 Å². The van der Waals surface area contributed by atoms with Crippen LogP contribution in [-0.4, -0.2) is 58.2 Å². The molecule has 1 aliphatic rings. The van der Waals surface area contributed by atoms with Gasteiger partial charge in [0.2, 0.25) is 10.0 Å². The van der Waals surface area contributed by atoms with Crippen molar-refractivity contribution in [3.63, 3.8) is 0 Å². The number of nitrogens with one attached hydrogen (secondary N) is 2.